The molecule has 0 saturated heterocycles. The Bertz CT molecular complexity index is 586. The second-order valence-corrected chi connectivity index (χ2v) is 6.78. The second-order valence-electron chi connectivity index (χ2n) is 3.66. The molecule has 1 rings (SSSR count). The number of sulfonamides is 1. The van der Waals surface area contributed by atoms with Gasteiger partial charge in [0.2, 0.25) is 0 Å². The molecule has 0 saturated carbocycles. The fourth-order valence-electron chi connectivity index (χ4n) is 1.44. The SMILES string of the molecule is CCCN(CC(=O)O)S(=O)(=O)c1sc(=O)[nH]c1C. The van der Waals surface area contributed by atoms with Crippen LogP contribution >= 0.6 is 11.3 Å². The quantitative estimate of drug-likeness (QED) is 0.781. The summed E-state index contributed by atoms with van der Waals surface area (Å²) in [6, 6.07) is 0. The molecule has 1 heterocycles. The van der Waals surface area contributed by atoms with Crippen LogP contribution in [0.4, 0.5) is 0 Å². The van der Waals surface area contributed by atoms with Crippen LogP contribution in [-0.2, 0) is 14.8 Å². The summed E-state index contributed by atoms with van der Waals surface area (Å²) in [5.74, 6) is -1.23. The van der Waals surface area contributed by atoms with E-state index in [1.54, 1.807) is 6.92 Å². The molecule has 0 spiro atoms. The minimum atomic E-state index is -3.93. The van der Waals surface area contributed by atoms with E-state index in [9.17, 15) is 18.0 Å². The van der Waals surface area contributed by atoms with E-state index in [0.717, 1.165) is 4.31 Å². The Hall–Kier alpha value is -1.19. The molecule has 2 N–H and O–H groups in total. The Morgan fingerprint density at radius 2 is 2.11 bits per heavy atom. The molecule has 18 heavy (non-hydrogen) atoms. The maximum atomic E-state index is 12.2. The van der Waals surface area contributed by atoms with E-state index < -0.39 is 27.4 Å². The van der Waals surface area contributed by atoms with Crippen LogP contribution in [0.25, 0.3) is 0 Å². The summed E-state index contributed by atoms with van der Waals surface area (Å²) in [7, 11) is -3.93. The number of thiazole rings is 1. The van der Waals surface area contributed by atoms with Crippen molar-refractivity contribution >= 4 is 27.3 Å². The van der Waals surface area contributed by atoms with Crippen molar-refractivity contribution in [2.45, 2.75) is 24.5 Å². The Morgan fingerprint density at radius 1 is 1.50 bits per heavy atom. The number of aromatic amines is 1. The summed E-state index contributed by atoms with van der Waals surface area (Å²) in [6.45, 7) is 2.70. The lowest BCUT2D eigenvalue weighted by molar-refractivity contribution is -0.137. The fourth-order valence-corrected chi connectivity index (χ4v) is 4.36. The van der Waals surface area contributed by atoms with Crippen LogP contribution in [0.5, 0.6) is 0 Å². The molecule has 0 aliphatic rings. The average molecular weight is 294 g/mol. The lowest BCUT2D eigenvalue weighted by Gasteiger charge is -2.18. The molecule has 1 aromatic heterocycles. The first kappa shape index (κ1) is 14.9. The van der Waals surface area contributed by atoms with Crippen molar-refractivity contribution in [3.63, 3.8) is 0 Å². The fraction of sp³-hybridized carbons (Fsp3) is 0.556. The predicted molar refractivity (Wildman–Crippen MR) is 66.4 cm³/mol. The van der Waals surface area contributed by atoms with Crippen LogP contribution in [-0.4, -0.2) is 41.9 Å². The number of carboxylic acids is 1. The largest absolute Gasteiger partial charge is 0.480 e. The van der Waals surface area contributed by atoms with E-state index in [-0.39, 0.29) is 16.4 Å². The first-order chi connectivity index (χ1) is 8.28. The zero-order valence-electron chi connectivity index (χ0n) is 9.97. The molecule has 0 aromatic carbocycles. The zero-order valence-corrected chi connectivity index (χ0v) is 11.6. The average Bonchev–Trinajstić information content (AvgIpc) is 2.57. The van der Waals surface area contributed by atoms with Gasteiger partial charge in [-0.3, -0.25) is 9.59 Å². The number of aryl methyl sites for hydroxylation is 1. The van der Waals surface area contributed by atoms with Gasteiger partial charge in [0.15, 0.2) is 4.21 Å². The maximum absolute atomic E-state index is 12.2. The highest BCUT2D eigenvalue weighted by Gasteiger charge is 2.29. The molecule has 0 aliphatic heterocycles. The molecule has 0 aliphatic carbocycles. The number of carboxylic acid groups (broad SMARTS) is 1. The van der Waals surface area contributed by atoms with Crippen molar-refractivity contribution in [3.05, 3.63) is 15.4 Å². The normalized spacial score (nSPS) is 11.9. The standard InChI is InChI=1S/C9H14N2O5S2/c1-3-4-11(5-7(12)13)18(15,16)8-6(2)10-9(14)17-8/h3-5H2,1-2H3,(H,10,14)(H,12,13). The van der Waals surface area contributed by atoms with E-state index in [2.05, 4.69) is 4.98 Å². The summed E-state index contributed by atoms with van der Waals surface area (Å²) in [5, 5.41) is 8.72. The van der Waals surface area contributed by atoms with Crippen LogP contribution in [0.2, 0.25) is 0 Å². The molecular weight excluding hydrogens is 280 g/mol. The van der Waals surface area contributed by atoms with Gasteiger partial charge in [-0.15, -0.1) is 0 Å². The molecule has 102 valence electrons. The van der Waals surface area contributed by atoms with E-state index in [1.165, 1.54) is 6.92 Å². The van der Waals surface area contributed by atoms with Gasteiger partial charge < -0.3 is 10.1 Å². The van der Waals surface area contributed by atoms with E-state index in [4.69, 9.17) is 5.11 Å². The molecule has 0 fully saturated rings. The maximum Gasteiger partial charge on any atom is 0.318 e. The van der Waals surface area contributed by atoms with Crippen molar-refractivity contribution < 1.29 is 18.3 Å². The van der Waals surface area contributed by atoms with Crippen molar-refractivity contribution in [2.75, 3.05) is 13.1 Å². The summed E-state index contributed by atoms with van der Waals surface area (Å²) in [5.41, 5.74) is 0.233. The third-order valence-electron chi connectivity index (χ3n) is 2.14. The summed E-state index contributed by atoms with van der Waals surface area (Å²) >= 11 is 0.569. The molecule has 7 nitrogen and oxygen atoms in total. The van der Waals surface area contributed by atoms with Gasteiger partial charge in [0.25, 0.3) is 10.0 Å². The number of aliphatic carboxylic acids is 1. The van der Waals surface area contributed by atoms with E-state index in [0.29, 0.717) is 17.8 Å². The second kappa shape index (κ2) is 5.63. The van der Waals surface area contributed by atoms with Crippen LogP contribution in [0.3, 0.4) is 0 Å². The van der Waals surface area contributed by atoms with Crippen LogP contribution < -0.4 is 4.87 Å². The molecule has 0 atom stereocenters. The van der Waals surface area contributed by atoms with Gasteiger partial charge in [0.05, 0.1) is 0 Å². The first-order valence-electron chi connectivity index (χ1n) is 5.20. The molecule has 9 heteroatoms. The van der Waals surface area contributed by atoms with E-state index >= 15 is 0 Å². The lowest BCUT2D eigenvalue weighted by atomic mass is 10.5. The Balaban J connectivity index is 3.20. The van der Waals surface area contributed by atoms with Gasteiger partial charge in [-0.25, -0.2) is 8.42 Å². The number of H-pyrrole nitrogens is 1. The smallest absolute Gasteiger partial charge is 0.318 e. The van der Waals surface area contributed by atoms with Gasteiger partial charge in [-0.05, 0) is 13.3 Å². The van der Waals surface area contributed by atoms with Crippen LogP contribution in [0, 0.1) is 6.92 Å². The van der Waals surface area contributed by atoms with Gasteiger partial charge >= 0.3 is 10.8 Å². The van der Waals surface area contributed by atoms with Gasteiger partial charge in [-0.2, -0.15) is 4.31 Å². The molecule has 0 radical (unpaired) electrons. The van der Waals surface area contributed by atoms with Gasteiger partial charge in [0.1, 0.15) is 6.54 Å². The predicted octanol–water partition coefficient (Wildman–Crippen LogP) is 0.230. The minimum absolute atomic E-state index is 0.0974. The number of carbonyl (C=O) groups is 1. The number of rotatable bonds is 6. The topological polar surface area (TPSA) is 108 Å². The van der Waals surface area contributed by atoms with Crippen molar-refractivity contribution in [1.29, 1.82) is 0 Å². The van der Waals surface area contributed by atoms with Crippen molar-refractivity contribution in [1.82, 2.24) is 9.29 Å². The Morgan fingerprint density at radius 3 is 2.50 bits per heavy atom. The van der Waals surface area contributed by atoms with E-state index in [1.807, 2.05) is 0 Å². The first-order valence-corrected chi connectivity index (χ1v) is 7.46. The van der Waals surface area contributed by atoms with Gasteiger partial charge in [0, 0.05) is 12.2 Å². The number of nitrogens with one attached hydrogen (secondary N) is 1. The summed E-state index contributed by atoms with van der Waals surface area (Å²) < 4.78 is 25.2. The summed E-state index contributed by atoms with van der Waals surface area (Å²) in [6.07, 6.45) is 0.491. The zero-order chi connectivity index (χ0) is 13.9. The molecule has 0 unspecified atom stereocenters. The summed E-state index contributed by atoms with van der Waals surface area (Å²) in [4.78, 5) is 23.7. The van der Waals surface area contributed by atoms with Crippen LogP contribution in [0.1, 0.15) is 19.0 Å². The molecule has 0 amide bonds. The number of hydrogen-bond acceptors (Lipinski definition) is 5. The molecule has 0 bridgehead atoms. The van der Waals surface area contributed by atoms with Crippen molar-refractivity contribution in [3.8, 4) is 0 Å². The van der Waals surface area contributed by atoms with Crippen molar-refractivity contribution in [2.24, 2.45) is 0 Å². The lowest BCUT2D eigenvalue weighted by Crippen LogP contribution is -2.36. The van der Waals surface area contributed by atoms with Gasteiger partial charge in [-0.1, -0.05) is 18.3 Å². The molecular formula is C9H14N2O5S2. The number of nitrogens with zero attached hydrogens (tertiary/aromatic N) is 1. The highest BCUT2D eigenvalue weighted by Crippen LogP contribution is 2.21. The Labute approximate surface area is 108 Å². The molecule has 1 aromatic rings. The monoisotopic (exact) mass is 294 g/mol. The van der Waals surface area contributed by atoms with Crippen LogP contribution in [0.15, 0.2) is 9.00 Å². The Kier molecular flexibility index (Phi) is 4.65. The minimum Gasteiger partial charge on any atom is -0.480 e. The number of hydrogen-bond donors (Lipinski definition) is 2. The third-order valence-corrected chi connectivity index (χ3v) is 5.57. The number of aromatic nitrogens is 1. The third kappa shape index (κ3) is 3.18. The highest BCUT2D eigenvalue weighted by atomic mass is 32.2. The highest BCUT2D eigenvalue weighted by molar-refractivity contribution is 7.91.